The number of rotatable bonds is 6. The number of carbonyl (C=O) groups excluding carboxylic acids is 2. The molecule has 10 heteroatoms. The number of anilines is 1. The molecule has 5 rings (SSSR count). The van der Waals surface area contributed by atoms with E-state index in [-0.39, 0.29) is 16.4 Å². The number of ketones is 1. The van der Waals surface area contributed by atoms with Crippen LogP contribution in [0, 0.1) is 10.1 Å². The highest BCUT2D eigenvalue weighted by molar-refractivity contribution is 7.22. The number of aliphatic hydroxyl groups excluding tert-OH is 1. The second-order valence-electron chi connectivity index (χ2n) is 8.40. The molecule has 0 bridgehead atoms. The van der Waals surface area contributed by atoms with Crippen LogP contribution in [0.2, 0.25) is 0 Å². The van der Waals surface area contributed by atoms with Gasteiger partial charge in [0.1, 0.15) is 11.5 Å². The van der Waals surface area contributed by atoms with Crippen LogP contribution in [0.4, 0.5) is 10.8 Å². The molecule has 1 aliphatic heterocycles. The van der Waals surface area contributed by atoms with E-state index in [1.165, 1.54) is 41.5 Å². The minimum Gasteiger partial charge on any atom is -0.507 e. The highest BCUT2D eigenvalue weighted by atomic mass is 32.1. The number of hydrogen-bond donors (Lipinski definition) is 1. The fraction of sp³-hybridized carbons (Fsp3) is 0.148. The molecule has 0 saturated carbocycles. The molecule has 1 N–H and O–H groups in total. The van der Waals surface area contributed by atoms with Gasteiger partial charge < -0.3 is 9.84 Å². The van der Waals surface area contributed by atoms with Crippen molar-refractivity contribution in [3.8, 4) is 5.75 Å². The first kappa shape index (κ1) is 24.1. The maximum Gasteiger partial charge on any atom is 0.301 e. The van der Waals surface area contributed by atoms with E-state index in [1.807, 2.05) is 25.1 Å². The Morgan fingerprint density at radius 2 is 1.89 bits per heavy atom. The highest BCUT2D eigenvalue weighted by Gasteiger charge is 2.48. The first-order valence-electron chi connectivity index (χ1n) is 11.4. The summed E-state index contributed by atoms with van der Waals surface area (Å²) in [6.07, 6.45) is 0.823. The number of aromatic nitrogens is 1. The van der Waals surface area contributed by atoms with E-state index in [0.717, 1.165) is 16.7 Å². The molecule has 3 aromatic carbocycles. The molecule has 0 unspecified atom stereocenters. The summed E-state index contributed by atoms with van der Waals surface area (Å²) in [5, 5.41) is 23.0. The molecule has 4 aromatic rings. The number of Topliss-reactive ketones (excluding diaryl/α,β-unsaturated/α-hetero) is 1. The molecule has 1 amide bonds. The molecule has 1 fully saturated rings. The quantitative estimate of drug-likeness (QED) is 0.120. The molecule has 2 heterocycles. The second-order valence-corrected chi connectivity index (χ2v) is 9.41. The van der Waals surface area contributed by atoms with Crippen LogP contribution in [0.15, 0.2) is 72.3 Å². The molecule has 0 aliphatic carbocycles. The predicted molar refractivity (Wildman–Crippen MR) is 140 cm³/mol. The van der Waals surface area contributed by atoms with Crippen molar-refractivity contribution in [2.45, 2.75) is 19.4 Å². The number of fused-ring (bicyclic) bond motifs is 1. The van der Waals surface area contributed by atoms with Gasteiger partial charge in [-0.2, -0.15) is 0 Å². The van der Waals surface area contributed by atoms with E-state index in [1.54, 1.807) is 30.3 Å². The number of carbonyl (C=O) groups is 2. The van der Waals surface area contributed by atoms with Gasteiger partial charge in [0.2, 0.25) is 0 Å². The number of ether oxygens (including phenoxy) is 1. The largest absolute Gasteiger partial charge is 0.507 e. The molecule has 1 saturated heterocycles. The van der Waals surface area contributed by atoms with Crippen molar-refractivity contribution in [2.75, 3.05) is 12.0 Å². The maximum absolute atomic E-state index is 13.4. The van der Waals surface area contributed by atoms with Gasteiger partial charge in [0, 0.05) is 17.7 Å². The van der Waals surface area contributed by atoms with E-state index in [4.69, 9.17) is 4.74 Å². The first-order chi connectivity index (χ1) is 17.8. The predicted octanol–water partition coefficient (Wildman–Crippen LogP) is 5.40. The number of nitro groups is 1. The number of non-ortho nitro benzene ring substituents is 1. The summed E-state index contributed by atoms with van der Waals surface area (Å²) in [4.78, 5) is 43.5. The highest BCUT2D eigenvalue weighted by Crippen LogP contribution is 2.45. The SMILES string of the molecule is CCc1ccc2nc(N3C(=O)C(=O)C(=C(O)c4ccc(OC)cc4)[C@H]3c3cccc([N+](=O)[O-])c3)sc2c1. The van der Waals surface area contributed by atoms with Crippen molar-refractivity contribution >= 4 is 49.8 Å². The molecule has 0 radical (unpaired) electrons. The Balaban J connectivity index is 1.72. The molecule has 0 spiro atoms. The van der Waals surface area contributed by atoms with Gasteiger partial charge in [-0.05, 0) is 53.9 Å². The smallest absolute Gasteiger partial charge is 0.301 e. The minimum absolute atomic E-state index is 0.177. The molecule has 37 heavy (non-hydrogen) atoms. The summed E-state index contributed by atoms with van der Waals surface area (Å²) in [5.41, 5.74) is 1.98. The topological polar surface area (TPSA) is 123 Å². The number of amides is 1. The van der Waals surface area contributed by atoms with E-state index in [9.17, 15) is 24.8 Å². The summed E-state index contributed by atoms with van der Waals surface area (Å²) in [5.74, 6) is -1.62. The van der Waals surface area contributed by atoms with Gasteiger partial charge in [0.05, 0.1) is 33.9 Å². The Bertz CT molecular complexity index is 1590. The van der Waals surface area contributed by atoms with Gasteiger partial charge in [-0.15, -0.1) is 0 Å². The lowest BCUT2D eigenvalue weighted by Crippen LogP contribution is -2.29. The molecule has 9 nitrogen and oxygen atoms in total. The van der Waals surface area contributed by atoms with Gasteiger partial charge in [0.15, 0.2) is 5.13 Å². The Morgan fingerprint density at radius 1 is 1.14 bits per heavy atom. The third-order valence-electron chi connectivity index (χ3n) is 6.26. The van der Waals surface area contributed by atoms with Gasteiger partial charge in [-0.3, -0.25) is 24.6 Å². The number of methoxy groups -OCH3 is 1. The van der Waals surface area contributed by atoms with Crippen LogP contribution in [0.5, 0.6) is 5.75 Å². The van der Waals surface area contributed by atoms with Crippen molar-refractivity contribution in [1.29, 1.82) is 0 Å². The summed E-state index contributed by atoms with van der Waals surface area (Å²) < 4.78 is 6.00. The lowest BCUT2D eigenvalue weighted by atomic mass is 9.95. The fourth-order valence-corrected chi connectivity index (χ4v) is 5.39. The zero-order valence-electron chi connectivity index (χ0n) is 19.9. The maximum atomic E-state index is 13.4. The van der Waals surface area contributed by atoms with Crippen LogP contribution >= 0.6 is 11.3 Å². The summed E-state index contributed by atoms with van der Waals surface area (Å²) >= 11 is 1.24. The Labute approximate surface area is 215 Å². The third-order valence-corrected chi connectivity index (χ3v) is 7.28. The number of thiazole rings is 1. The zero-order valence-corrected chi connectivity index (χ0v) is 20.7. The summed E-state index contributed by atoms with van der Waals surface area (Å²) in [6, 6.07) is 16.7. The Morgan fingerprint density at radius 3 is 2.57 bits per heavy atom. The monoisotopic (exact) mass is 515 g/mol. The minimum atomic E-state index is -1.12. The van der Waals surface area contributed by atoms with E-state index >= 15 is 0 Å². The van der Waals surface area contributed by atoms with Crippen LogP contribution in [-0.4, -0.2) is 33.8 Å². The number of nitrogens with zero attached hydrogens (tertiary/aromatic N) is 3. The van der Waals surface area contributed by atoms with Crippen LogP contribution in [0.1, 0.15) is 29.7 Å². The number of benzene rings is 3. The van der Waals surface area contributed by atoms with Crippen LogP contribution in [-0.2, 0) is 16.0 Å². The summed E-state index contributed by atoms with van der Waals surface area (Å²) in [7, 11) is 1.50. The molecule has 1 atom stereocenters. The first-order valence-corrected chi connectivity index (χ1v) is 12.2. The second kappa shape index (κ2) is 9.47. The Hall–Kier alpha value is -4.57. The zero-order chi connectivity index (χ0) is 26.3. The number of aliphatic hydroxyl groups is 1. The van der Waals surface area contributed by atoms with Crippen LogP contribution in [0.25, 0.3) is 16.0 Å². The van der Waals surface area contributed by atoms with Crippen molar-refractivity contribution in [2.24, 2.45) is 0 Å². The van der Waals surface area contributed by atoms with Gasteiger partial charge in [-0.25, -0.2) is 4.98 Å². The standard InChI is InChI=1S/C27H21N3O6S/c1-3-15-7-12-20-21(13-15)37-27(28-20)29-23(17-5-4-6-18(14-17)30(34)35)22(25(32)26(29)33)24(31)16-8-10-19(36-2)11-9-16/h4-14,23,31H,3H2,1-2H3/t23-/m1/s1. The van der Waals surface area contributed by atoms with Crippen molar-refractivity contribution in [1.82, 2.24) is 4.98 Å². The van der Waals surface area contributed by atoms with Crippen molar-refractivity contribution < 1.29 is 24.4 Å². The van der Waals surface area contributed by atoms with E-state index in [2.05, 4.69) is 4.98 Å². The lowest BCUT2D eigenvalue weighted by Gasteiger charge is -2.22. The Kier molecular flexibility index (Phi) is 6.18. The van der Waals surface area contributed by atoms with Crippen molar-refractivity contribution in [3.05, 3.63) is 99.1 Å². The number of nitro benzene ring substituents is 1. The number of aryl methyl sites for hydroxylation is 1. The normalized spacial score (nSPS) is 16.9. The molecule has 1 aliphatic rings. The van der Waals surface area contributed by atoms with Gasteiger partial charge >= 0.3 is 5.91 Å². The average molecular weight is 516 g/mol. The number of hydrogen-bond acceptors (Lipinski definition) is 8. The lowest BCUT2D eigenvalue weighted by molar-refractivity contribution is -0.384. The van der Waals surface area contributed by atoms with Crippen LogP contribution < -0.4 is 9.64 Å². The van der Waals surface area contributed by atoms with Gasteiger partial charge in [0.25, 0.3) is 11.5 Å². The third kappa shape index (κ3) is 4.21. The van der Waals surface area contributed by atoms with Crippen molar-refractivity contribution in [3.63, 3.8) is 0 Å². The van der Waals surface area contributed by atoms with Gasteiger partial charge in [-0.1, -0.05) is 36.5 Å². The van der Waals surface area contributed by atoms with E-state index in [0.29, 0.717) is 22.4 Å². The van der Waals surface area contributed by atoms with E-state index < -0.39 is 28.4 Å². The molecule has 1 aromatic heterocycles. The fourth-order valence-electron chi connectivity index (χ4n) is 4.34. The molecule has 186 valence electrons. The molecular formula is C27H21N3O6S. The van der Waals surface area contributed by atoms with Crippen LogP contribution in [0.3, 0.4) is 0 Å². The summed E-state index contributed by atoms with van der Waals surface area (Å²) in [6.45, 7) is 2.03. The molecular weight excluding hydrogens is 494 g/mol. The average Bonchev–Trinajstić information content (AvgIpc) is 3.45.